The largest absolute Gasteiger partial charge is 0.376 e. The van der Waals surface area contributed by atoms with Crippen LogP contribution in [0, 0.1) is 11.8 Å². The van der Waals surface area contributed by atoms with Gasteiger partial charge in [0.1, 0.15) is 0 Å². The number of fused-ring (bicyclic) bond motifs is 1. The lowest BCUT2D eigenvalue weighted by Crippen LogP contribution is -2.33. The Hall–Kier alpha value is -1.10. The van der Waals surface area contributed by atoms with Gasteiger partial charge in [0.15, 0.2) is 0 Å². The van der Waals surface area contributed by atoms with Gasteiger partial charge in [0, 0.05) is 19.1 Å². The van der Waals surface area contributed by atoms with Gasteiger partial charge in [0.2, 0.25) is 5.91 Å². The molecule has 1 saturated heterocycles. The molecule has 1 aliphatic heterocycles. The average Bonchev–Trinajstić information content (AvgIpc) is 3.07. The molecule has 0 bridgehead atoms. The van der Waals surface area contributed by atoms with Gasteiger partial charge in [-0.25, -0.2) is 0 Å². The molecule has 0 radical (unpaired) electrons. The third-order valence-corrected chi connectivity index (χ3v) is 4.84. The van der Waals surface area contributed by atoms with E-state index in [1.165, 1.54) is 6.42 Å². The van der Waals surface area contributed by atoms with Crippen LogP contribution in [0.25, 0.3) is 0 Å². The maximum atomic E-state index is 12.2. The van der Waals surface area contributed by atoms with Gasteiger partial charge < -0.3 is 15.4 Å². The minimum atomic E-state index is 0. The highest BCUT2D eigenvalue weighted by Crippen LogP contribution is 2.37. The fraction of sp³-hybridized carbons (Fsp3) is 0.588. The maximum Gasteiger partial charge on any atom is 0.224 e. The zero-order chi connectivity index (χ0) is 14.7. The Morgan fingerprint density at radius 1 is 1.23 bits per heavy atom. The van der Waals surface area contributed by atoms with Crippen LogP contribution in [-0.2, 0) is 16.1 Å². The molecule has 3 atom stereocenters. The van der Waals surface area contributed by atoms with Crippen molar-refractivity contribution in [1.82, 2.24) is 4.90 Å². The number of nitrogens with zero attached hydrogens (tertiary/aromatic N) is 1. The monoisotopic (exact) mass is 324 g/mol. The molecular weight excluding hydrogens is 300 g/mol. The van der Waals surface area contributed by atoms with Gasteiger partial charge in [-0.2, -0.15) is 0 Å². The van der Waals surface area contributed by atoms with Gasteiger partial charge >= 0.3 is 0 Å². The van der Waals surface area contributed by atoms with Gasteiger partial charge in [-0.3, -0.25) is 4.79 Å². The van der Waals surface area contributed by atoms with Crippen LogP contribution >= 0.6 is 12.4 Å². The summed E-state index contributed by atoms with van der Waals surface area (Å²) in [6.45, 7) is 2.81. The second-order valence-electron chi connectivity index (χ2n) is 6.25. The molecule has 1 aromatic carbocycles. The van der Waals surface area contributed by atoms with Crippen molar-refractivity contribution in [1.29, 1.82) is 0 Å². The van der Waals surface area contributed by atoms with Crippen molar-refractivity contribution in [2.24, 2.45) is 17.6 Å². The van der Waals surface area contributed by atoms with Gasteiger partial charge in [0.05, 0.1) is 19.6 Å². The highest BCUT2D eigenvalue weighted by Gasteiger charge is 2.42. The van der Waals surface area contributed by atoms with Crippen LogP contribution in [-0.4, -0.2) is 36.5 Å². The molecule has 1 saturated carbocycles. The van der Waals surface area contributed by atoms with E-state index in [1.807, 2.05) is 35.2 Å². The van der Waals surface area contributed by atoms with Gasteiger partial charge in [0.25, 0.3) is 0 Å². The Balaban J connectivity index is 0.00000176. The normalized spacial score (nSPS) is 26.6. The third-order valence-electron chi connectivity index (χ3n) is 4.84. The van der Waals surface area contributed by atoms with Crippen molar-refractivity contribution in [3.8, 4) is 0 Å². The molecule has 5 heteroatoms. The summed E-state index contributed by atoms with van der Waals surface area (Å²) in [6, 6.07) is 10.3. The van der Waals surface area contributed by atoms with Gasteiger partial charge in [-0.15, -0.1) is 12.4 Å². The van der Waals surface area contributed by atoms with E-state index in [0.29, 0.717) is 37.5 Å². The van der Waals surface area contributed by atoms with Crippen molar-refractivity contribution >= 4 is 18.3 Å². The molecule has 0 spiro atoms. The van der Waals surface area contributed by atoms with Crippen LogP contribution in [0.1, 0.15) is 24.8 Å². The molecule has 2 aliphatic rings. The fourth-order valence-corrected chi connectivity index (χ4v) is 3.59. The summed E-state index contributed by atoms with van der Waals surface area (Å²) < 4.78 is 5.59. The van der Waals surface area contributed by atoms with E-state index in [0.717, 1.165) is 25.1 Å². The topological polar surface area (TPSA) is 55.6 Å². The lowest BCUT2D eigenvalue weighted by Gasteiger charge is -2.18. The number of hydrogen-bond acceptors (Lipinski definition) is 3. The lowest BCUT2D eigenvalue weighted by molar-refractivity contribution is -0.131. The molecule has 4 nitrogen and oxygen atoms in total. The molecule has 1 amide bonds. The van der Waals surface area contributed by atoms with Crippen LogP contribution in [0.2, 0.25) is 0 Å². The number of carbonyl (C=O) groups excluding carboxylic acids is 1. The summed E-state index contributed by atoms with van der Waals surface area (Å²) in [6.07, 6.45) is 2.78. The summed E-state index contributed by atoms with van der Waals surface area (Å²) in [4.78, 5) is 14.2. The van der Waals surface area contributed by atoms with Crippen molar-refractivity contribution in [3.05, 3.63) is 35.9 Å². The summed E-state index contributed by atoms with van der Waals surface area (Å²) in [7, 11) is 0. The fourth-order valence-electron chi connectivity index (χ4n) is 3.59. The molecule has 3 unspecified atom stereocenters. The Bertz CT molecular complexity index is 483. The molecule has 2 N–H and O–H groups in total. The Morgan fingerprint density at radius 3 is 2.73 bits per heavy atom. The number of rotatable bonds is 5. The molecule has 1 aliphatic carbocycles. The van der Waals surface area contributed by atoms with Crippen LogP contribution in [0.15, 0.2) is 30.3 Å². The first kappa shape index (κ1) is 17.3. The molecule has 0 aromatic heterocycles. The SMILES string of the molecule is Cl.NC1CCC2CN(C(=O)CCOCc3ccccc3)CC12. The van der Waals surface area contributed by atoms with E-state index in [4.69, 9.17) is 10.5 Å². The highest BCUT2D eigenvalue weighted by atomic mass is 35.5. The number of hydrogen-bond donors (Lipinski definition) is 1. The van der Waals surface area contributed by atoms with Crippen molar-refractivity contribution < 1.29 is 9.53 Å². The second kappa shape index (κ2) is 7.95. The average molecular weight is 325 g/mol. The van der Waals surface area contributed by atoms with Gasteiger partial charge in [-0.05, 0) is 30.2 Å². The predicted molar refractivity (Wildman–Crippen MR) is 88.7 cm³/mol. The minimum absolute atomic E-state index is 0. The summed E-state index contributed by atoms with van der Waals surface area (Å²) in [5.41, 5.74) is 7.25. The van der Waals surface area contributed by atoms with Crippen LogP contribution in [0.5, 0.6) is 0 Å². The molecule has 2 fully saturated rings. The van der Waals surface area contributed by atoms with E-state index in [-0.39, 0.29) is 18.3 Å². The van der Waals surface area contributed by atoms with E-state index in [9.17, 15) is 4.79 Å². The first-order valence-corrected chi connectivity index (χ1v) is 7.89. The zero-order valence-corrected chi connectivity index (χ0v) is 13.6. The summed E-state index contributed by atoms with van der Waals surface area (Å²) >= 11 is 0. The van der Waals surface area contributed by atoms with Crippen molar-refractivity contribution in [3.63, 3.8) is 0 Å². The van der Waals surface area contributed by atoms with E-state index < -0.39 is 0 Å². The van der Waals surface area contributed by atoms with Crippen LogP contribution in [0.4, 0.5) is 0 Å². The maximum absolute atomic E-state index is 12.2. The minimum Gasteiger partial charge on any atom is -0.376 e. The number of benzene rings is 1. The first-order valence-electron chi connectivity index (χ1n) is 7.89. The molecular formula is C17H25ClN2O2. The highest BCUT2D eigenvalue weighted by molar-refractivity contribution is 5.85. The number of carbonyl (C=O) groups is 1. The molecule has 3 rings (SSSR count). The van der Waals surface area contributed by atoms with Crippen LogP contribution in [0.3, 0.4) is 0 Å². The molecule has 1 heterocycles. The van der Waals surface area contributed by atoms with E-state index in [2.05, 4.69) is 0 Å². The van der Waals surface area contributed by atoms with E-state index in [1.54, 1.807) is 0 Å². The summed E-state index contributed by atoms with van der Waals surface area (Å²) in [5.74, 6) is 1.37. The Morgan fingerprint density at radius 2 is 2.00 bits per heavy atom. The third kappa shape index (κ3) is 4.00. The van der Waals surface area contributed by atoms with E-state index >= 15 is 0 Å². The number of ether oxygens (including phenoxy) is 1. The summed E-state index contributed by atoms with van der Waals surface area (Å²) in [5, 5.41) is 0. The number of halogens is 1. The first-order chi connectivity index (χ1) is 10.2. The predicted octanol–water partition coefficient (Wildman–Crippen LogP) is 2.21. The zero-order valence-electron chi connectivity index (χ0n) is 12.8. The van der Waals surface area contributed by atoms with Crippen LogP contribution < -0.4 is 5.73 Å². The number of likely N-dealkylation sites (tertiary alicyclic amines) is 1. The molecule has 22 heavy (non-hydrogen) atoms. The quantitative estimate of drug-likeness (QED) is 0.845. The second-order valence-corrected chi connectivity index (χ2v) is 6.25. The van der Waals surface area contributed by atoms with Crippen molar-refractivity contribution in [2.45, 2.75) is 31.9 Å². The Kier molecular flexibility index (Phi) is 6.24. The number of nitrogens with two attached hydrogens (primary N) is 1. The smallest absolute Gasteiger partial charge is 0.224 e. The number of amides is 1. The lowest BCUT2D eigenvalue weighted by atomic mass is 9.98. The standard InChI is InChI=1S/C17H24N2O2.ClH/c18-16-7-6-14-10-19(11-15(14)16)17(20)8-9-21-12-13-4-2-1-3-5-13;/h1-5,14-16H,6-12,18H2;1H. The molecule has 1 aromatic rings. The van der Waals surface area contributed by atoms with Gasteiger partial charge in [-0.1, -0.05) is 30.3 Å². The molecule has 122 valence electrons. The van der Waals surface area contributed by atoms with Crippen molar-refractivity contribution in [2.75, 3.05) is 19.7 Å². The Labute approximate surface area is 138 Å².